The molecule has 1 aliphatic carbocycles. The van der Waals surface area contributed by atoms with E-state index in [2.05, 4.69) is 38.4 Å². The van der Waals surface area contributed by atoms with Crippen molar-refractivity contribution in [1.29, 1.82) is 0 Å². The Morgan fingerprint density at radius 1 is 1.50 bits per heavy atom. The van der Waals surface area contributed by atoms with Gasteiger partial charge in [0.1, 0.15) is 0 Å². The number of pyridine rings is 1. The summed E-state index contributed by atoms with van der Waals surface area (Å²) in [7, 11) is 0. The van der Waals surface area contributed by atoms with Gasteiger partial charge in [-0.3, -0.25) is 10.1 Å². The maximum absolute atomic E-state index is 10.8. The first-order chi connectivity index (χ1) is 7.66. The van der Waals surface area contributed by atoms with Gasteiger partial charge in [0, 0.05) is 22.8 Å². The van der Waals surface area contributed by atoms with Crippen molar-refractivity contribution in [2.75, 3.05) is 5.32 Å². The average Bonchev–Trinajstić information content (AvgIpc) is 2.73. The molecular formula is C10H10BrN3O2. The second-order valence-corrected chi connectivity index (χ2v) is 4.48. The summed E-state index contributed by atoms with van der Waals surface area (Å²) in [5.74, 6) is 0.335. The molecule has 0 bridgehead atoms. The lowest BCUT2D eigenvalue weighted by atomic mass is 10.2. The molecule has 2 rings (SSSR count). The molecule has 0 fully saturated rings. The van der Waals surface area contributed by atoms with E-state index in [-0.39, 0.29) is 11.7 Å². The van der Waals surface area contributed by atoms with Crippen LogP contribution in [0.4, 0.5) is 11.5 Å². The highest BCUT2D eigenvalue weighted by molar-refractivity contribution is 9.10. The molecule has 0 aliphatic heterocycles. The van der Waals surface area contributed by atoms with Gasteiger partial charge in [0.05, 0.1) is 4.92 Å². The molecule has 1 aromatic heterocycles. The summed E-state index contributed by atoms with van der Waals surface area (Å²) >= 11 is 3.17. The van der Waals surface area contributed by atoms with Crippen molar-refractivity contribution in [3.05, 3.63) is 39.0 Å². The molecule has 1 N–H and O–H groups in total. The van der Waals surface area contributed by atoms with Crippen LogP contribution in [0, 0.1) is 10.1 Å². The zero-order valence-electron chi connectivity index (χ0n) is 8.39. The Hall–Kier alpha value is -1.43. The minimum Gasteiger partial charge on any atom is -0.361 e. The molecular weight excluding hydrogens is 274 g/mol. The van der Waals surface area contributed by atoms with E-state index in [1.807, 2.05) is 0 Å². The van der Waals surface area contributed by atoms with Crippen LogP contribution in [0.1, 0.15) is 12.8 Å². The van der Waals surface area contributed by atoms with Crippen LogP contribution in [0.5, 0.6) is 0 Å². The van der Waals surface area contributed by atoms with Gasteiger partial charge in [-0.15, -0.1) is 0 Å². The molecule has 0 unspecified atom stereocenters. The van der Waals surface area contributed by atoms with Gasteiger partial charge < -0.3 is 5.32 Å². The summed E-state index contributed by atoms with van der Waals surface area (Å²) in [5.41, 5.74) is 0.00118. The lowest BCUT2D eigenvalue weighted by Crippen LogP contribution is -2.17. The van der Waals surface area contributed by atoms with Gasteiger partial charge >= 0.3 is 5.69 Å². The Morgan fingerprint density at radius 3 is 2.81 bits per heavy atom. The zero-order valence-corrected chi connectivity index (χ0v) is 9.98. The SMILES string of the molecule is O=[N+]([O-])c1cc(Br)cnc1NC1CC=CC1. The van der Waals surface area contributed by atoms with E-state index >= 15 is 0 Å². The lowest BCUT2D eigenvalue weighted by molar-refractivity contribution is -0.384. The fourth-order valence-corrected chi connectivity index (χ4v) is 1.93. The van der Waals surface area contributed by atoms with Crippen LogP contribution in [0.15, 0.2) is 28.9 Å². The Bertz CT molecular complexity index is 440. The van der Waals surface area contributed by atoms with Crippen LogP contribution in [0.2, 0.25) is 0 Å². The second kappa shape index (κ2) is 4.61. The van der Waals surface area contributed by atoms with E-state index in [0.29, 0.717) is 10.3 Å². The summed E-state index contributed by atoms with van der Waals surface area (Å²) in [5, 5.41) is 13.9. The van der Waals surface area contributed by atoms with E-state index in [4.69, 9.17) is 0 Å². The van der Waals surface area contributed by atoms with Crippen LogP contribution < -0.4 is 5.32 Å². The van der Waals surface area contributed by atoms with Gasteiger partial charge in [-0.25, -0.2) is 4.98 Å². The predicted molar refractivity (Wildman–Crippen MR) is 64.4 cm³/mol. The number of aromatic nitrogens is 1. The Kier molecular flexibility index (Phi) is 3.19. The number of nitrogens with one attached hydrogen (secondary N) is 1. The van der Waals surface area contributed by atoms with Gasteiger partial charge in [0.15, 0.2) is 0 Å². The van der Waals surface area contributed by atoms with E-state index in [9.17, 15) is 10.1 Å². The van der Waals surface area contributed by atoms with Gasteiger partial charge in [-0.1, -0.05) is 12.2 Å². The first-order valence-corrected chi connectivity index (χ1v) is 5.67. The zero-order chi connectivity index (χ0) is 11.5. The fraction of sp³-hybridized carbons (Fsp3) is 0.300. The highest BCUT2D eigenvalue weighted by Gasteiger charge is 2.19. The molecule has 5 nitrogen and oxygen atoms in total. The van der Waals surface area contributed by atoms with Gasteiger partial charge in [-0.05, 0) is 28.8 Å². The number of halogens is 1. The Labute approximate surface area is 101 Å². The van der Waals surface area contributed by atoms with Gasteiger partial charge in [0.2, 0.25) is 5.82 Å². The fourth-order valence-electron chi connectivity index (χ4n) is 1.61. The number of nitro groups is 1. The first-order valence-electron chi connectivity index (χ1n) is 4.88. The molecule has 84 valence electrons. The van der Waals surface area contributed by atoms with Crippen molar-refractivity contribution in [3.8, 4) is 0 Å². The summed E-state index contributed by atoms with van der Waals surface area (Å²) in [6.07, 6.45) is 7.44. The van der Waals surface area contributed by atoms with Gasteiger partial charge in [-0.2, -0.15) is 0 Å². The minimum atomic E-state index is -0.428. The molecule has 0 amide bonds. The van der Waals surface area contributed by atoms with Crippen molar-refractivity contribution >= 4 is 27.4 Å². The Morgan fingerprint density at radius 2 is 2.19 bits per heavy atom. The predicted octanol–water partition coefficient (Wildman–Crippen LogP) is 2.88. The van der Waals surface area contributed by atoms with E-state index in [0.717, 1.165) is 12.8 Å². The van der Waals surface area contributed by atoms with Crippen molar-refractivity contribution in [2.45, 2.75) is 18.9 Å². The van der Waals surface area contributed by atoms with Crippen LogP contribution in [-0.4, -0.2) is 15.9 Å². The molecule has 16 heavy (non-hydrogen) atoms. The van der Waals surface area contributed by atoms with E-state index in [1.54, 1.807) is 6.20 Å². The minimum absolute atomic E-state index is 0.00118. The maximum Gasteiger partial charge on any atom is 0.312 e. The third kappa shape index (κ3) is 2.38. The third-order valence-electron chi connectivity index (χ3n) is 2.38. The molecule has 0 aromatic carbocycles. The quantitative estimate of drug-likeness (QED) is 0.526. The van der Waals surface area contributed by atoms with Crippen LogP contribution in [0.25, 0.3) is 0 Å². The van der Waals surface area contributed by atoms with Crippen LogP contribution >= 0.6 is 15.9 Å². The monoisotopic (exact) mass is 283 g/mol. The summed E-state index contributed by atoms with van der Waals surface area (Å²) in [4.78, 5) is 14.4. The summed E-state index contributed by atoms with van der Waals surface area (Å²) < 4.78 is 0.606. The average molecular weight is 284 g/mol. The number of hydrogen-bond donors (Lipinski definition) is 1. The molecule has 0 saturated heterocycles. The van der Waals surface area contributed by atoms with Crippen molar-refractivity contribution in [1.82, 2.24) is 4.98 Å². The highest BCUT2D eigenvalue weighted by Crippen LogP contribution is 2.27. The third-order valence-corrected chi connectivity index (χ3v) is 2.81. The van der Waals surface area contributed by atoms with Crippen molar-refractivity contribution in [2.24, 2.45) is 0 Å². The van der Waals surface area contributed by atoms with Crippen LogP contribution in [0.3, 0.4) is 0 Å². The topological polar surface area (TPSA) is 68.1 Å². The molecule has 1 aromatic rings. The second-order valence-electron chi connectivity index (χ2n) is 3.56. The van der Waals surface area contributed by atoms with Gasteiger partial charge in [0.25, 0.3) is 0 Å². The molecule has 0 radical (unpaired) electrons. The number of hydrogen-bond acceptors (Lipinski definition) is 4. The normalized spacial score (nSPS) is 15.3. The molecule has 6 heteroatoms. The highest BCUT2D eigenvalue weighted by atomic mass is 79.9. The van der Waals surface area contributed by atoms with Crippen LogP contribution in [-0.2, 0) is 0 Å². The summed E-state index contributed by atoms with van der Waals surface area (Å²) in [6, 6.07) is 1.67. The molecule has 0 atom stereocenters. The molecule has 0 spiro atoms. The van der Waals surface area contributed by atoms with Crippen molar-refractivity contribution < 1.29 is 4.92 Å². The lowest BCUT2D eigenvalue weighted by Gasteiger charge is -2.12. The number of nitrogens with zero attached hydrogens (tertiary/aromatic N) is 2. The molecule has 1 aliphatic rings. The van der Waals surface area contributed by atoms with E-state index in [1.165, 1.54) is 6.07 Å². The van der Waals surface area contributed by atoms with Crippen molar-refractivity contribution in [3.63, 3.8) is 0 Å². The standard InChI is InChI=1S/C10H10BrN3O2/c11-7-5-9(14(15)16)10(12-6-7)13-8-3-1-2-4-8/h1-2,5-6,8H,3-4H2,(H,12,13). The largest absolute Gasteiger partial charge is 0.361 e. The first kappa shape index (κ1) is 11.1. The molecule has 0 saturated carbocycles. The maximum atomic E-state index is 10.8. The molecule has 1 heterocycles. The summed E-state index contributed by atoms with van der Waals surface area (Å²) in [6.45, 7) is 0. The number of rotatable bonds is 3. The number of anilines is 1. The Balaban J connectivity index is 2.22. The van der Waals surface area contributed by atoms with E-state index < -0.39 is 4.92 Å². The smallest absolute Gasteiger partial charge is 0.312 e.